The zero-order valence-electron chi connectivity index (χ0n) is 17.2. The number of thiazole rings is 1. The number of aromatic nitrogens is 1. The lowest BCUT2D eigenvalue weighted by molar-refractivity contribution is -0.384. The zero-order chi connectivity index (χ0) is 22.7. The maximum absolute atomic E-state index is 12.6. The number of rotatable bonds is 5. The van der Waals surface area contributed by atoms with E-state index in [1.54, 1.807) is 11.8 Å². The smallest absolute Gasteiger partial charge is 0.350 e. The Morgan fingerprint density at radius 3 is 2.48 bits per heavy atom. The van der Waals surface area contributed by atoms with Crippen molar-refractivity contribution >= 4 is 45.6 Å². The highest BCUT2D eigenvalue weighted by molar-refractivity contribution is 7.17. The molecule has 11 nitrogen and oxygen atoms in total. The molecule has 0 radical (unpaired) electrons. The number of hydrogen-bond acceptors (Lipinski definition) is 9. The Morgan fingerprint density at radius 1 is 1.23 bits per heavy atom. The molecule has 1 N–H and O–H groups in total. The second kappa shape index (κ2) is 9.08. The van der Waals surface area contributed by atoms with Gasteiger partial charge < -0.3 is 14.5 Å². The van der Waals surface area contributed by atoms with Crippen molar-refractivity contribution in [3.63, 3.8) is 0 Å². The summed E-state index contributed by atoms with van der Waals surface area (Å²) in [6.07, 6.45) is 0. The predicted octanol–water partition coefficient (Wildman–Crippen LogP) is 2.07. The number of hydrogen-bond donors (Lipinski definition) is 1. The lowest BCUT2D eigenvalue weighted by atomic mass is 10.1. The third-order valence-corrected chi connectivity index (χ3v) is 5.94. The van der Waals surface area contributed by atoms with Gasteiger partial charge in [0.15, 0.2) is 5.13 Å². The average Bonchev–Trinajstić information content (AvgIpc) is 3.12. The van der Waals surface area contributed by atoms with Gasteiger partial charge in [0.05, 0.1) is 17.7 Å². The standard InChI is InChI=1S/C19H21N5O6S/c1-11-16(18(27)30-3)31-19(20-11)21-17(26)13-4-5-14(15(10-13)24(28)29)23-8-6-22(7-9-23)12(2)25/h4-5,10H,6-9H2,1-3H3,(H,20,21,26). The zero-order valence-corrected chi connectivity index (χ0v) is 18.0. The topological polar surface area (TPSA) is 135 Å². The van der Waals surface area contributed by atoms with E-state index in [1.807, 2.05) is 4.90 Å². The number of ether oxygens (including phenoxy) is 1. The quantitative estimate of drug-likeness (QED) is 0.418. The van der Waals surface area contributed by atoms with Crippen molar-refractivity contribution in [2.45, 2.75) is 13.8 Å². The summed E-state index contributed by atoms with van der Waals surface area (Å²) in [6.45, 7) is 4.97. The summed E-state index contributed by atoms with van der Waals surface area (Å²) >= 11 is 0.962. The molecule has 2 heterocycles. The minimum absolute atomic E-state index is 0.0334. The highest BCUT2D eigenvalue weighted by Crippen LogP contribution is 2.31. The van der Waals surface area contributed by atoms with Gasteiger partial charge in [-0.15, -0.1) is 0 Å². The first-order chi connectivity index (χ1) is 14.7. The highest BCUT2D eigenvalue weighted by Gasteiger charge is 2.26. The van der Waals surface area contributed by atoms with Crippen LogP contribution in [0.1, 0.15) is 32.6 Å². The summed E-state index contributed by atoms with van der Waals surface area (Å²) < 4.78 is 4.67. The first-order valence-corrected chi connectivity index (χ1v) is 10.2. The Kier molecular flexibility index (Phi) is 6.49. The van der Waals surface area contributed by atoms with Crippen LogP contribution in [0.3, 0.4) is 0 Å². The van der Waals surface area contributed by atoms with Crippen LogP contribution in [0.2, 0.25) is 0 Å². The van der Waals surface area contributed by atoms with E-state index in [4.69, 9.17) is 0 Å². The van der Waals surface area contributed by atoms with Crippen molar-refractivity contribution < 1.29 is 24.0 Å². The molecule has 1 fully saturated rings. The molecular weight excluding hydrogens is 426 g/mol. The van der Waals surface area contributed by atoms with Crippen LogP contribution in [0.5, 0.6) is 0 Å². The number of nitrogens with zero attached hydrogens (tertiary/aromatic N) is 4. The minimum atomic E-state index is -0.582. The van der Waals surface area contributed by atoms with E-state index in [0.29, 0.717) is 37.6 Å². The van der Waals surface area contributed by atoms with Gasteiger partial charge >= 0.3 is 5.97 Å². The molecule has 1 aromatic carbocycles. The molecule has 164 valence electrons. The molecule has 31 heavy (non-hydrogen) atoms. The van der Waals surface area contributed by atoms with Crippen molar-refractivity contribution in [1.82, 2.24) is 9.88 Å². The number of nitrogens with one attached hydrogen (secondary N) is 1. The molecule has 2 amide bonds. The van der Waals surface area contributed by atoms with E-state index in [2.05, 4.69) is 15.0 Å². The molecule has 1 aliphatic heterocycles. The third kappa shape index (κ3) is 4.79. The SMILES string of the molecule is COC(=O)c1sc(NC(=O)c2ccc(N3CCN(C(C)=O)CC3)c([N+](=O)[O-])c2)nc1C. The van der Waals surface area contributed by atoms with E-state index >= 15 is 0 Å². The number of amides is 2. The van der Waals surface area contributed by atoms with Crippen LogP contribution in [-0.4, -0.2) is 65.9 Å². The van der Waals surface area contributed by atoms with Gasteiger partial charge in [0.2, 0.25) is 5.91 Å². The Balaban J connectivity index is 1.79. The molecule has 0 saturated carbocycles. The van der Waals surface area contributed by atoms with Gasteiger partial charge in [-0.3, -0.25) is 25.0 Å². The van der Waals surface area contributed by atoms with Crippen LogP contribution in [0.4, 0.5) is 16.5 Å². The van der Waals surface area contributed by atoms with Gasteiger partial charge in [0.25, 0.3) is 11.6 Å². The normalized spacial score (nSPS) is 13.6. The van der Waals surface area contributed by atoms with Crippen molar-refractivity contribution in [2.75, 3.05) is 43.5 Å². The van der Waals surface area contributed by atoms with Crippen LogP contribution in [0.15, 0.2) is 18.2 Å². The number of methoxy groups -OCH3 is 1. The van der Waals surface area contributed by atoms with E-state index in [-0.39, 0.29) is 27.2 Å². The number of carbonyl (C=O) groups is 3. The fourth-order valence-corrected chi connectivity index (χ4v) is 4.12. The molecule has 1 aliphatic rings. The van der Waals surface area contributed by atoms with Crippen LogP contribution in [0.25, 0.3) is 0 Å². The largest absolute Gasteiger partial charge is 0.465 e. The van der Waals surface area contributed by atoms with Gasteiger partial charge in [-0.1, -0.05) is 11.3 Å². The maximum Gasteiger partial charge on any atom is 0.350 e. The molecule has 1 saturated heterocycles. The van der Waals surface area contributed by atoms with Crippen LogP contribution in [0, 0.1) is 17.0 Å². The van der Waals surface area contributed by atoms with E-state index in [0.717, 1.165) is 11.3 Å². The predicted molar refractivity (Wildman–Crippen MR) is 114 cm³/mol. The van der Waals surface area contributed by atoms with Gasteiger partial charge in [-0.2, -0.15) is 0 Å². The first kappa shape index (κ1) is 22.2. The summed E-state index contributed by atoms with van der Waals surface area (Å²) in [5.41, 5.74) is 0.695. The van der Waals surface area contributed by atoms with Crippen LogP contribution in [-0.2, 0) is 9.53 Å². The molecule has 0 bridgehead atoms. The van der Waals surface area contributed by atoms with Gasteiger partial charge in [0, 0.05) is 44.7 Å². The van der Waals surface area contributed by atoms with Crippen molar-refractivity contribution in [3.05, 3.63) is 44.4 Å². The first-order valence-electron chi connectivity index (χ1n) is 9.37. The summed E-state index contributed by atoms with van der Waals surface area (Å²) in [4.78, 5) is 54.8. The molecule has 3 rings (SSSR count). The summed E-state index contributed by atoms with van der Waals surface area (Å²) in [5.74, 6) is -1.17. The molecule has 0 spiro atoms. The van der Waals surface area contributed by atoms with Gasteiger partial charge in [-0.05, 0) is 19.1 Å². The Bertz CT molecular complexity index is 1040. The Labute approximate surface area is 181 Å². The highest BCUT2D eigenvalue weighted by atomic mass is 32.1. The number of anilines is 2. The lowest BCUT2D eigenvalue weighted by Crippen LogP contribution is -2.48. The van der Waals surface area contributed by atoms with Crippen molar-refractivity contribution in [1.29, 1.82) is 0 Å². The molecule has 1 aromatic heterocycles. The number of aryl methyl sites for hydroxylation is 1. The second-order valence-corrected chi connectivity index (χ2v) is 7.83. The number of nitro benzene ring substituents is 1. The Morgan fingerprint density at radius 2 is 1.90 bits per heavy atom. The fourth-order valence-electron chi connectivity index (χ4n) is 3.24. The second-order valence-electron chi connectivity index (χ2n) is 6.83. The molecular formula is C19H21N5O6S. The number of carbonyl (C=O) groups excluding carboxylic acids is 3. The van der Waals surface area contributed by atoms with Gasteiger partial charge in [0.1, 0.15) is 10.6 Å². The number of nitro groups is 1. The summed E-state index contributed by atoms with van der Waals surface area (Å²) in [7, 11) is 1.25. The molecule has 0 atom stereocenters. The molecule has 0 unspecified atom stereocenters. The lowest BCUT2D eigenvalue weighted by Gasteiger charge is -2.35. The van der Waals surface area contributed by atoms with E-state index < -0.39 is 16.8 Å². The number of esters is 1. The number of benzene rings is 1. The average molecular weight is 447 g/mol. The summed E-state index contributed by atoms with van der Waals surface area (Å²) in [5, 5.41) is 14.4. The van der Waals surface area contributed by atoms with Gasteiger partial charge in [-0.25, -0.2) is 9.78 Å². The fraction of sp³-hybridized carbons (Fsp3) is 0.368. The minimum Gasteiger partial charge on any atom is -0.465 e. The summed E-state index contributed by atoms with van der Waals surface area (Å²) in [6, 6.07) is 4.24. The monoisotopic (exact) mass is 447 g/mol. The van der Waals surface area contributed by atoms with Crippen molar-refractivity contribution in [2.24, 2.45) is 0 Å². The molecule has 0 aliphatic carbocycles. The molecule has 2 aromatic rings. The Hall–Kier alpha value is -3.54. The third-order valence-electron chi connectivity index (χ3n) is 4.89. The van der Waals surface area contributed by atoms with E-state index in [1.165, 1.54) is 32.2 Å². The number of piperazine rings is 1. The van der Waals surface area contributed by atoms with Crippen LogP contribution >= 0.6 is 11.3 Å². The molecule has 12 heteroatoms. The van der Waals surface area contributed by atoms with Crippen molar-refractivity contribution in [3.8, 4) is 0 Å². The van der Waals surface area contributed by atoms with E-state index in [9.17, 15) is 24.5 Å². The van der Waals surface area contributed by atoms with Crippen LogP contribution < -0.4 is 10.2 Å². The maximum atomic E-state index is 12.6.